The van der Waals surface area contributed by atoms with Gasteiger partial charge in [0, 0.05) is 0 Å². The van der Waals surface area contributed by atoms with Gasteiger partial charge in [-0.25, -0.2) is 8.78 Å². The highest BCUT2D eigenvalue weighted by atomic mass is 35.5. The lowest BCUT2D eigenvalue weighted by molar-refractivity contribution is 0.111. The molecule has 2 rings (SSSR count). The summed E-state index contributed by atoms with van der Waals surface area (Å²) in [5, 5.41) is 0.00298. The SMILES string of the molecule is O=Cc1cccc(F)c1OCc1ccc(Cl)c(F)c1. The van der Waals surface area contributed by atoms with E-state index in [0.29, 0.717) is 11.8 Å². The maximum Gasteiger partial charge on any atom is 0.165 e. The fourth-order valence-corrected chi connectivity index (χ4v) is 1.67. The first kappa shape index (κ1) is 13.5. The Hall–Kier alpha value is -1.94. The molecule has 0 aromatic heterocycles. The van der Waals surface area contributed by atoms with Crippen LogP contribution in [0, 0.1) is 11.6 Å². The number of carbonyl (C=O) groups excluding carboxylic acids is 1. The van der Waals surface area contributed by atoms with Gasteiger partial charge in [0.1, 0.15) is 12.4 Å². The van der Waals surface area contributed by atoms with Crippen LogP contribution in [0.4, 0.5) is 8.78 Å². The molecule has 0 N–H and O–H groups in total. The first-order valence-corrected chi connectivity index (χ1v) is 5.80. The van der Waals surface area contributed by atoms with Crippen LogP contribution >= 0.6 is 11.6 Å². The first-order valence-electron chi connectivity index (χ1n) is 5.42. The summed E-state index contributed by atoms with van der Waals surface area (Å²) in [7, 11) is 0. The van der Waals surface area contributed by atoms with Crippen LogP contribution in [-0.2, 0) is 6.61 Å². The topological polar surface area (TPSA) is 26.3 Å². The van der Waals surface area contributed by atoms with Gasteiger partial charge in [0.2, 0.25) is 0 Å². The van der Waals surface area contributed by atoms with Crippen molar-refractivity contribution in [3.8, 4) is 5.75 Å². The van der Waals surface area contributed by atoms with E-state index < -0.39 is 11.6 Å². The van der Waals surface area contributed by atoms with Gasteiger partial charge in [-0.3, -0.25) is 4.79 Å². The van der Waals surface area contributed by atoms with E-state index >= 15 is 0 Å². The van der Waals surface area contributed by atoms with Crippen LogP contribution in [0.25, 0.3) is 0 Å². The summed E-state index contributed by atoms with van der Waals surface area (Å²) in [6, 6.07) is 8.18. The van der Waals surface area contributed by atoms with Crippen molar-refractivity contribution in [2.24, 2.45) is 0 Å². The van der Waals surface area contributed by atoms with E-state index in [4.69, 9.17) is 16.3 Å². The molecule has 0 aliphatic heterocycles. The Balaban J connectivity index is 2.18. The zero-order valence-electron chi connectivity index (χ0n) is 9.70. The number of hydrogen-bond acceptors (Lipinski definition) is 2. The van der Waals surface area contributed by atoms with Gasteiger partial charge < -0.3 is 4.74 Å². The summed E-state index contributed by atoms with van der Waals surface area (Å²) < 4.78 is 31.9. The second-order valence-corrected chi connectivity index (χ2v) is 4.22. The van der Waals surface area contributed by atoms with Gasteiger partial charge in [0.05, 0.1) is 10.6 Å². The number of halogens is 3. The summed E-state index contributed by atoms with van der Waals surface area (Å²) in [6.45, 7) is -0.0597. The van der Waals surface area contributed by atoms with E-state index in [0.717, 1.165) is 0 Å². The summed E-state index contributed by atoms with van der Waals surface area (Å²) in [4.78, 5) is 10.8. The van der Waals surface area contributed by atoms with Crippen LogP contribution in [0.3, 0.4) is 0 Å². The van der Waals surface area contributed by atoms with Crippen LogP contribution in [0.5, 0.6) is 5.75 Å². The Bertz CT molecular complexity index is 614. The van der Waals surface area contributed by atoms with Crippen molar-refractivity contribution in [3.63, 3.8) is 0 Å². The smallest absolute Gasteiger partial charge is 0.165 e. The predicted octanol–water partition coefficient (Wildman–Crippen LogP) is 4.01. The average molecular weight is 283 g/mol. The quantitative estimate of drug-likeness (QED) is 0.792. The third kappa shape index (κ3) is 3.09. The zero-order valence-corrected chi connectivity index (χ0v) is 10.5. The Morgan fingerprint density at radius 3 is 2.63 bits per heavy atom. The highest BCUT2D eigenvalue weighted by Crippen LogP contribution is 2.23. The van der Waals surface area contributed by atoms with E-state index in [1.807, 2.05) is 0 Å². The van der Waals surface area contributed by atoms with Crippen molar-refractivity contribution >= 4 is 17.9 Å². The number of ether oxygens (including phenoxy) is 1. The second kappa shape index (κ2) is 5.80. The van der Waals surface area contributed by atoms with E-state index in [9.17, 15) is 13.6 Å². The van der Waals surface area contributed by atoms with Gasteiger partial charge in [-0.15, -0.1) is 0 Å². The molecule has 0 fully saturated rings. The van der Waals surface area contributed by atoms with Crippen molar-refractivity contribution in [1.29, 1.82) is 0 Å². The van der Waals surface area contributed by atoms with Crippen LogP contribution in [0.15, 0.2) is 36.4 Å². The lowest BCUT2D eigenvalue weighted by atomic mass is 10.2. The minimum absolute atomic E-state index is 0.00298. The van der Waals surface area contributed by atoms with Gasteiger partial charge >= 0.3 is 0 Å². The maximum atomic E-state index is 13.5. The summed E-state index contributed by atoms with van der Waals surface area (Å²) in [5.41, 5.74) is 0.594. The van der Waals surface area contributed by atoms with Crippen molar-refractivity contribution in [1.82, 2.24) is 0 Å². The fourth-order valence-electron chi connectivity index (χ4n) is 1.56. The molecule has 0 aliphatic rings. The van der Waals surface area contributed by atoms with E-state index in [1.54, 1.807) is 6.07 Å². The Kier molecular flexibility index (Phi) is 4.12. The summed E-state index contributed by atoms with van der Waals surface area (Å²) in [5.74, 6) is -1.36. The molecule has 0 saturated heterocycles. The molecule has 0 radical (unpaired) electrons. The number of para-hydroxylation sites is 1. The normalized spacial score (nSPS) is 10.3. The molecule has 0 saturated carbocycles. The second-order valence-electron chi connectivity index (χ2n) is 3.81. The summed E-state index contributed by atoms with van der Waals surface area (Å²) in [6.07, 6.45) is 0.501. The lowest BCUT2D eigenvalue weighted by Crippen LogP contribution is -2.01. The van der Waals surface area contributed by atoms with Crippen molar-refractivity contribution in [2.45, 2.75) is 6.61 Å². The Morgan fingerprint density at radius 1 is 1.16 bits per heavy atom. The van der Waals surface area contributed by atoms with Gasteiger partial charge in [0.15, 0.2) is 17.9 Å². The monoisotopic (exact) mass is 282 g/mol. The van der Waals surface area contributed by atoms with Crippen LogP contribution in [0.2, 0.25) is 5.02 Å². The average Bonchev–Trinajstić information content (AvgIpc) is 2.41. The molecule has 2 aromatic carbocycles. The van der Waals surface area contributed by atoms with E-state index in [1.165, 1.54) is 30.3 Å². The minimum Gasteiger partial charge on any atom is -0.485 e. The molecule has 5 heteroatoms. The minimum atomic E-state index is -0.640. The number of rotatable bonds is 4. The molecular formula is C14H9ClF2O2. The van der Waals surface area contributed by atoms with Crippen LogP contribution in [0.1, 0.15) is 15.9 Å². The Morgan fingerprint density at radius 2 is 1.95 bits per heavy atom. The van der Waals surface area contributed by atoms with E-state index in [-0.39, 0.29) is 22.9 Å². The molecule has 0 amide bonds. The zero-order chi connectivity index (χ0) is 13.8. The van der Waals surface area contributed by atoms with Crippen LogP contribution in [-0.4, -0.2) is 6.29 Å². The number of carbonyl (C=O) groups is 1. The predicted molar refractivity (Wildman–Crippen MR) is 67.5 cm³/mol. The third-order valence-corrected chi connectivity index (χ3v) is 2.80. The molecule has 0 aliphatic carbocycles. The first-order chi connectivity index (χ1) is 9.11. The highest BCUT2D eigenvalue weighted by molar-refractivity contribution is 6.30. The molecule has 0 spiro atoms. The maximum absolute atomic E-state index is 13.5. The molecular weight excluding hydrogens is 274 g/mol. The molecule has 2 nitrogen and oxygen atoms in total. The molecule has 2 aromatic rings. The Labute approximate surface area is 113 Å². The van der Waals surface area contributed by atoms with Gasteiger partial charge in [-0.1, -0.05) is 23.7 Å². The molecule has 0 atom stereocenters. The molecule has 0 bridgehead atoms. The largest absolute Gasteiger partial charge is 0.485 e. The number of benzene rings is 2. The number of hydrogen-bond donors (Lipinski definition) is 0. The molecule has 19 heavy (non-hydrogen) atoms. The van der Waals surface area contributed by atoms with Gasteiger partial charge in [-0.2, -0.15) is 0 Å². The van der Waals surface area contributed by atoms with Gasteiger partial charge in [-0.05, 0) is 29.8 Å². The molecule has 0 unspecified atom stereocenters. The fraction of sp³-hybridized carbons (Fsp3) is 0.0714. The summed E-state index contributed by atoms with van der Waals surface area (Å²) >= 11 is 5.55. The van der Waals surface area contributed by atoms with Crippen molar-refractivity contribution < 1.29 is 18.3 Å². The van der Waals surface area contributed by atoms with Gasteiger partial charge in [0.25, 0.3) is 0 Å². The van der Waals surface area contributed by atoms with E-state index in [2.05, 4.69) is 0 Å². The van der Waals surface area contributed by atoms with Crippen molar-refractivity contribution in [2.75, 3.05) is 0 Å². The molecule has 0 heterocycles. The number of aldehydes is 1. The van der Waals surface area contributed by atoms with Crippen LogP contribution < -0.4 is 4.74 Å². The standard InChI is InChI=1S/C14H9ClF2O2/c15-11-5-4-9(6-13(11)17)8-19-14-10(7-18)2-1-3-12(14)16/h1-7H,8H2. The molecule has 98 valence electrons. The third-order valence-electron chi connectivity index (χ3n) is 2.49. The van der Waals surface area contributed by atoms with Crippen molar-refractivity contribution in [3.05, 3.63) is 64.2 Å². The lowest BCUT2D eigenvalue weighted by Gasteiger charge is -2.09. The highest BCUT2D eigenvalue weighted by Gasteiger charge is 2.10.